The number of nitrogens with one attached hydrogen (secondary N) is 1. The molecule has 0 saturated carbocycles. The number of nitrogens with zero attached hydrogens (tertiary/aromatic N) is 4. The molecule has 2 heterocycles. The third-order valence-corrected chi connectivity index (χ3v) is 8.78. The van der Waals surface area contributed by atoms with Gasteiger partial charge in [0.25, 0.3) is 0 Å². The number of rotatable bonds is 8. The van der Waals surface area contributed by atoms with E-state index in [1.165, 1.54) is 28.2 Å². The molecule has 13 heteroatoms. The van der Waals surface area contributed by atoms with Crippen LogP contribution >= 0.6 is 23.4 Å². The first-order chi connectivity index (χ1) is 16.8. The number of nitrogens with two attached hydrogens (primary N) is 1. The molecule has 1 aromatic heterocycles. The molecule has 4 rings (SSSR count). The Bertz CT molecular complexity index is 1290. The van der Waals surface area contributed by atoms with Gasteiger partial charge in [0.1, 0.15) is 6.04 Å². The molecule has 1 aliphatic heterocycles. The molecule has 2 aromatic carbocycles. The van der Waals surface area contributed by atoms with E-state index in [4.69, 9.17) is 22.1 Å². The molecule has 10 nitrogen and oxygen atoms in total. The van der Waals surface area contributed by atoms with Crippen molar-refractivity contribution < 1.29 is 17.9 Å². The van der Waals surface area contributed by atoms with Gasteiger partial charge in [-0.1, -0.05) is 41.6 Å². The fraction of sp³-hybridized carbons (Fsp3) is 0.318. The molecule has 1 unspecified atom stereocenters. The Kier molecular flexibility index (Phi) is 7.97. The number of ether oxygens (including phenoxy) is 1. The molecule has 35 heavy (non-hydrogen) atoms. The van der Waals surface area contributed by atoms with Crippen molar-refractivity contribution in [2.75, 3.05) is 37.4 Å². The Balaban J connectivity index is 1.43. The van der Waals surface area contributed by atoms with Crippen LogP contribution in [-0.4, -0.2) is 59.7 Å². The number of hydrogen-bond donors (Lipinski definition) is 2. The third-order valence-electron chi connectivity index (χ3n) is 5.50. The summed E-state index contributed by atoms with van der Waals surface area (Å²) in [5.41, 5.74) is 7.39. The second-order valence-corrected chi connectivity index (χ2v) is 11.1. The number of sulfonamides is 1. The lowest BCUT2D eigenvalue weighted by molar-refractivity contribution is -0.118. The fourth-order valence-corrected chi connectivity index (χ4v) is 6.23. The van der Waals surface area contributed by atoms with Crippen LogP contribution in [-0.2, 0) is 25.3 Å². The van der Waals surface area contributed by atoms with Gasteiger partial charge in [-0.05, 0) is 42.8 Å². The molecule has 1 amide bonds. The van der Waals surface area contributed by atoms with Crippen molar-refractivity contribution in [3.05, 3.63) is 59.1 Å². The number of thioether (sulfide) groups is 1. The van der Waals surface area contributed by atoms with Gasteiger partial charge in [0, 0.05) is 29.6 Å². The molecular formula is C22H25ClN6O4S2. The number of benzene rings is 2. The van der Waals surface area contributed by atoms with E-state index in [1.807, 2.05) is 24.3 Å². The SMILES string of the molecule is CC(C(=O)Nc1ccc(S(=O)(=O)N2CCOCC2)cc1)n1c(N)nnc1SCc1ccccc1Cl. The maximum Gasteiger partial charge on any atom is 0.247 e. The molecule has 186 valence electrons. The Morgan fingerprint density at radius 3 is 2.54 bits per heavy atom. The average molecular weight is 537 g/mol. The Morgan fingerprint density at radius 1 is 1.17 bits per heavy atom. The van der Waals surface area contributed by atoms with Gasteiger partial charge in [0.05, 0.1) is 18.1 Å². The highest BCUT2D eigenvalue weighted by Gasteiger charge is 2.27. The lowest BCUT2D eigenvalue weighted by Gasteiger charge is -2.26. The Hall–Kier alpha value is -2.64. The van der Waals surface area contributed by atoms with E-state index in [9.17, 15) is 13.2 Å². The zero-order chi connectivity index (χ0) is 25.0. The molecule has 1 fully saturated rings. The van der Waals surface area contributed by atoms with Gasteiger partial charge < -0.3 is 15.8 Å². The van der Waals surface area contributed by atoms with Crippen molar-refractivity contribution in [3.63, 3.8) is 0 Å². The van der Waals surface area contributed by atoms with E-state index in [-0.39, 0.29) is 16.8 Å². The number of amides is 1. The average Bonchev–Trinajstić information content (AvgIpc) is 3.24. The lowest BCUT2D eigenvalue weighted by atomic mass is 10.2. The number of halogens is 1. The quantitative estimate of drug-likeness (QED) is 0.420. The molecular weight excluding hydrogens is 512 g/mol. The number of anilines is 2. The van der Waals surface area contributed by atoms with Gasteiger partial charge in [0.2, 0.25) is 21.9 Å². The van der Waals surface area contributed by atoms with Crippen LogP contribution in [0.5, 0.6) is 0 Å². The van der Waals surface area contributed by atoms with Crippen LogP contribution in [0.15, 0.2) is 58.6 Å². The number of nitrogen functional groups attached to an aromatic ring is 1. The smallest absolute Gasteiger partial charge is 0.247 e. The maximum absolute atomic E-state index is 13.0. The van der Waals surface area contributed by atoms with Crippen molar-refractivity contribution >= 4 is 50.9 Å². The van der Waals surface area contributed by atoms with Crippen molar-refractivity contribution in [3.8, 4) is 0 Å². The molecule has 1 aliphatic rings. The van der Waals surface area contributed by atoms with Crippen LogP contribution in [0.25, 0.3) is 0 Å². The summed E-state index contributed by atoms with van der Waals surface area (Å²) in [6.07, 6.45) is 0. The predicted octanol–water partition coefficient (Wildman–Crippen LogP) is 3.03. The summed E-state index contributed by atoms with van der Waals surface area (Å²) >= 11 is 7.60. The highest BCUT2D eigenvalue weighted by molar-refractivity contribution is 7.98. The van der Waals surface area contributed by atoms with Gasteiger partial charge in [-0.2, -0.15) is 4.31 Å². The second-order valence-electron chi connectivity index (χ2n) is 7.80. The maximum atomic E-state index is 13.0. The fourth-order valence-electron chi connectivity index (χ4n) is 3.52. The number of aromatic nitrogens is 3. The summed E-state index contributed by atoms with van der Waals surface area (Å²) in [6.45, 7) is 3.06. The third kappa shape index (κ3) is 5.78. The molecule has 1 atom stereocenters. The number of carbonyl (C=O) groups excluding carboxylic acids is 1. The zero-order valence-corrected chi connectivity index (χ0v) is 21.3. The zero-order valence-electron chi connectivity index (χ0n) is 18.9. The summed E-state index contributed by atoms with van der Waals surface area (Å²) in [7, 11) is -3.61. The van der Waals surface area contributed by atoms with E-state index in [2.05, 4.69) is 15.5 Å². The number of carbonyl (C=O) groups is 1. The molecule has 0 radical (unpaired) electrons. The van der Waals surface area contributed by atoms with Crippen molar-refractivity contribution in [1.29, 1.82) is 0 Å². The standard InChI is InChI=1S/C22H25ClN6O4S2/c1-15(29-21(24)26-27-22(29)34-14-16-4-2-3-5-19(16)23)20(30)25-17-6-8-18(9-7-17)35(31,32)28-10-12-33-13-11-28/h2-9,15H,10-14H2,1H3,(H2,24,26)(H,25,30). The summed E-state index contributed by atoms with van der Waals surface area (Å²) in [5.74, 6) is 0.298. The Morgan fingerprint density at radius 2 is 1.86 bits per heavy atom. The molecule has 0 spiro atoms. The van der Waals surface area contributed by atoms with Gasteiger partial charge >= 0.3 is 0 Å². The van der Waals surface area contributed by atoms with Crippen LogP contribution in [0.3, 0.4) is 0 Å². The molecule has 0 bridgehead atoms. The van der Waals surface area contributed by atoms with E-state index < -0.39 is 16.1 Å². The molecule has 0 aliphatic carbocycles. The first-order valence-electron chi connectivity index (χ1n) is 10.8. The molecule has 1 saturated heterocycles. The van der Waals surface area contributed by atoms with Crippen LogP contribution in [0.4, 0.5) is 11.6 Å². The monoisotopic (exact) mass is 536 g/mol. The highest BCUT2D eigenvalue weighted by atomic mass is 35.5. The van der Waals surface area contributed by atoms with Gasteiger partial charge in [-0.25, -0.2) is 8.42 Å². The van der Waals surface area contributed by atoms with Crippen LogP contribution in [0.1, 0.15) is 18.5 Å². The first kappa shape index (κ1) is 25.5. The summed E-state index contributed by atoms with van der Waals surface area (Å²) in [5, 5.41) is 11.9. The normalized spacial score (nSPS) is 15.6. The van der Waals surface area contributed by atoms with Crippen molar-refractivity contribution in [1.82, 2.24) is 19.1 Å². The van der Waals surface area contributed by atoms with Crippen molar-refractivity contribution in [2.24, 2.45) is 0 Å². The minimum Gasteiger partial charge on any atom is -0.379 e. The van der Waals surface area contributed by atoms with Crippen molar-refractivity contribution in [2.45, 2.75) is 28.8 Å². The minimum atomic E-state index is -3.61. The first-order valence-corrected chi connectivity index (χ1v) is 13.6. The van der Waals surface area contributed by atoms with E-state index >= 15 is 0 Å². The highest BCUT2D eigenvalue weighted by Crippen LogP contribution is 2.29. The van der Waals surface area contributed by atoms with Gasteiger partial charge in [-0.15, -0.1) is 10.2 Å². The minimum absolute atomic E-state index is 0.112. The summed E-state index contributed by atoms with van der Waals surface area (Å²) < 4.78 is 33.7. The number of morpholine rings is 1. The van der Waals surface area contributed by atoms with E-state index in [0.717, 1.165) is 5.56 Å². The van der Waals surface area contributed by atoms with Crippen LogP contribution in [0.2, 0.25) is 5.02 Å². The topological polar surface area (TPSA) is 132 Å². The Labute approximate surface area is 212 Å². The van der Waals surface area contributed by atoms with Crippen LogP contribution in [0, 0.1) is 0 Å². The molecule has 3 aromatic rings. The number of hydrogen-bond acceptors (Lipinski definition) is 8. The van der Waals surface area contributed by atoms with Crippen LogP contribution < -0.4 is 11.1 Å². The summed E-state index contributed by atoms with van der Waals surface area (Å²) in [4.78, 5) is 13.1. The van der Waals surface area contributed by atoms with Gasteiger partial charge in [-0.3, -0.25) is 9.36 Å². The largest absolute Gasteiger partial charge is 0.379 e. The molecule has 3 N–H and O–H groups in total. The lowest BCUT2D eigenvalue weighted by Crippen LogP contribution is -2.40. The van der Waals surface area contributed by atoms with E-state index in [0.29, 0.717) is 47.9 Å². The van der Waals surface area contributed by atoms with Gasteiger partial charge in [0.15, 0.2) is 5.16 Å². The summed E-state index contributed by atoms with van der Waals surface area (Å²) in [6, 6.07) is 12.8. The predicted molar refractivity (Wildman–Crippen MR) is 135 cm³/mol. The van der Waals surface area contributed by atoms with E-state index in [1.54, 1.807) is 23.6 Å². The second kappa shape index (κ2) is 11.0.